The quantitative estimate of drug-likeness (QED) is 0.921. The van der Waals surface area contributed by atoms with Gasteiger partial charge in [0.15, 0.2) is 0 Å². The van der Waals surface area contributed by atoms with E-state index in [2.05, 4.69) is 45.4 Å². The SMILES string of the molecule is CCCC(CC)n1c(N)nc2cc(Br)ccc21. The molecule has 2 N–H and O–H groups in total. The molecule has 1 aromatic heterocycles. The van der Waals surface area contributed by atoms with Crippen LogP contribution in [0.1, 0.15) is 39.2 Å². The van der Waals surface area contributed by atoms with Crippen LogP contribution < -0.4 is 5.73 Å². The van der Waals surface area contributed by atoms with Crippen molar-refractivity contribution in [3.63, 3.8) is 0 Å². The molecule has 0 amide bonds. The Labute approximate surface area is 110 Å². The number of nitrogen functional groups attached to an aromatic ring is 1. The summed E-state index contributed by atoms with van der Waals surface area (Å²) in [6.45, 7) is 4.40. The van der Waals surface area contributed by atoms with E-state index in [1.54, 1.807) is 0 Å². The van der Waals surface area contributed by atoms with E-state index in [4.69, 9.17) is 5.73 Å². The van der Waals surface area contributed by atoms with Crippen LogP contribution >= 0.6 is 15.9 Å². The number of benzene rings is 1. The summed E-state index contributed by atoms with van der Waals surface area (Å²) in [5.74, 6) is 0.624. The number of hydrogen-bond donors (Lipinski definition) is 1. The summed E-state index contributed by atoms with van der Waals surface area (Å²) in [6, 6.07) is 6.59. The van der Waals surface area contributed by atoms with Gasteiger partial charge in [-0.2, -0.15) is 0 Å². The summed E-state index contributed by atoms with van der Waals surface area (Å²) in [6.07, 6.45) is 3.38. The zero-order chi connectivity index (χ0) is 12.4. The lowest BCUT2D eigenvalue weighted by Crippen LogP contribution is -2.10. The minimum Gasteiger partial charge on any atom is -0.369 e. The van der Waals surface area contributed by atoms with Crippen molar-refractivity contribution >= 4 is 32.9 Å². The molecule has 0 aliphatic heterocycles. The number of nitrogens with zero attached hydrogens (tertiary/aromatic N) is 2. The first-order chi connectivity index (χ1) is 8.17. The summed E-state index contributed by atoms with van der Waals surface area (Å²) in [4.78, 5) is 4.44. The average molecular weight is 296 g/mol. The van der Waals surface area contributed by atoms with Crippen LogP contribution in [0.2, 0.25) is 0 Å². The third kappa shape index (κ3) is 2.32. The van der Waals surface area contributed by atoms with E-state index in [0.717, 1.165) is 34.8 Å². The first kappa shape index (κ1) is 12.4. The number of halogens is 1. The van der Waals surface area contributed by atoms with E-state index in [-0.39, 0.29) is 0 Å². The number of fused-ring (bicyclic) bond motifs is 1. The minimum atomic E-state index is 0.450. The van der Waals surface area contributed by atoms with Gasteiger partial charge < -0.3 is 10.3 Å². The smallest absolute Gasteiger partial charge is 0.201 e. The number of rotatable bonds is 4. The Bertz CT molecular complexity index is 519. The summed E-state index contributed by atoms with van der Waals surface area (Å²) in [5.41, 5.74) is 8.14. The van der Waals surface area contributed by atoms with Crippen LogP contribution in [0.4, 0.5) is 5.95 Å². The van der Waals surface area contributed by atoms with Crippen LogP contribution in [0.25, 0.3) is 11.0 Å². The van der Waals surface area contributed by atoms with E-state index in [9.17, 15) is 0 Å². The maximum atomic E-state index is 6.05. The Morgan fingerprint density at radius 2 is 2.18 bits per heavy atom. The van der Waals surface area contributed by atoms with Gasteiger partial charge in [-0.3, -0.25) is 0 Å². The fraction of sp³-hybridized carbons (Fsp3) is 0.462. The van der Waals surface area contributed by atoms with Gasteiger partial charge >= 0.3 is 0 Å². The van der Waals surface area contributed by atoms with Crippen LogP contribution in [-0.4, -0.2) is 9.55 Å². The van der Waals surface area contributed by atoms with Crippen LogP contribution in [0.3, 0.4) is 0 Å². The number of nitrogens with two attached hydrogens (primary N) is 1. The van der Waals surface area contributed by atoms with Gasteiger partial charge in [-0.1, -0.05) is 36.2 Å². The fourth-order valence-corrected chi connectivity index (χ4v) is 2.67. The van der Waals surface area contributed by atoms with Crippen molar-refractivity contribution < 1.29 is 0 Å². The topological polar surface area (TPSA) is 43.8 Å². The van der Waals surface area contributed by atoms with E-state index in [1.807, 2.05) is 12.1 Å². The maximum absolute atomic E-state index is 6.05. The molecule has 0 spiro atoms. The molecule has 0 aliphatic carbocycles. The highest BCUT2D eigenvalue weighted by atomic mass is 79.9. The minimum absolute atomic E-state index is 0.450. The Balaban J connectivity index is 2.55. The first-order valence-corrected chi connectivity index (χ1v) is 6.89. The molecule has 1 heterocycles. The third-order valence-electron chi connectivity index (χ3n) is 3.14. The van der Waals surface area contributed by atoms with E-state index >= 15 is 0 Å². The molecule has 0 aliphatic rings. The van der Waals surface area contributed by atoms with E-state index < -0.39 is 0 Å². The van der Waals surface area contributed by atoms with Crippen molar-refractivity contribution in [1.29, 1.82) is 0 Å². The second-order valence-electron chi connectivity index (χ2n) is 4.32. The molecule has 0 bridgehead atoms. The van der Waals surface area contributed by atoms with Crippen molar-refractivity contribution in [3.05, 3.63) is 22.7 Å². The zero-order valence-corrected chi connectivity index (χ0v) is 11.9. The molecule has 1 unspecified atom stereocenters. The molecule has 4 heteroatoms. The van der Waals surface area contributed by atoms with Gasteiger partial charge in [-0.25, -0.2) is 4.98 Å². The Morgan fingerprint density at radius 3 is 2.82 bits per heavy atom. The molecule has 3 nitrogen and oxygen atoms in total. The van der Waals surface area contributed by atoms with Crippen molar-refractivity contribution in [3.8, 4) is 0 Å². The van der Waals surface area contributed by atoms with Crippen LogP contribution in [0.15, 0.2) is 22.7 Å². The number of aromatic nitrogens is 2. The average Bonchev–Trinajstić information content (AvgIpc) is 2.61. The van der Waals surface area contributed by atoms with Crippen molar-refractivity contribution in [2.24, 2.45) is 0 Å². The molecule has 2 aromatic rings. The van der Waals surface area contributed by atoms with Gasteiger partial charge in [0.1, 0.15) is 0 Å². The zero-order valence-electron chi connectivity index (χ0n) is 10.3. The molecule has 0 radical (unpaired) electrons. The molecular weight excluding hydrogens is 278 g/mol. The highest BCUT2D eigenvalue weighted by Crippen LogP contribution is 2.29. The molecule has 1 aromatic carbocycles. The predicted octanol–water partition coefficient (Wildman–Crippen LogP) is 4.13. The van der Waals surface area contributed by atoms with Gasteiger partial charge in [0.05, 0.1) is 11.0 Å². The number of hydrogen-bond acceptors (Lipinski definition) is 2. The fourth-order valence-electron chi connectivity index (χ4n) is 2.32. The summed E-state index contributed by atoms with van der Waals surface area (Å²) < 4.78 is 3.21. The number of anilines is 1. The van der Waals surface area contributed by atoms with Crippen LogP contribution in [-0.2, 0) is 0 Å². The van der Waals surface area contributed by atoms with Gasteiger partial charge in [0.2, 0.25) is 5.95 Å². The maximum Gasteiger partial charge on any atom is 0.201 e. The summed E-state index contributed by atoms with van der Waals surface area (Å²) in [5, 5.41) is 0. The lowest BCUT2D eigenvalue weighted by atomic mass is 10.1. The normalized spacial score (nSPS) is 13.1. The highest BCUT2D eigenvalue weighted by molar-refractivity contribution is 9.10. The Morgan fingerprint density at radius 1 is 1.41 bits per heavy atom. The molecule has 92 valence electrons. The number of imidazole rings is 1. The van der Waals surface area contributed by atoms with Crippen molar-refractivity contribution in [1.82, 2.24) is 9.55 Å². The van der Waals surface area contributed by atoms with Crippen molar-refractivity contribution in [2.75, 3.05) is 5.73 Å². The van der Waals surface area contributed by atoms with Gasteiger partial charge in [-0.15, -0.1) is 0 Å². The molecule has 0 saturated carbocycles. The monoisotopic (exact) mass is 295 g/mol. The Kier molecular flexibility index (Phi) is 3.72. The lowest BCUT2D eigenvalue weighted by molar-refractivity contribution is 0.463. The molecule has 1 atom stereocenters. The highest BCUT2D eigenvalue weighted by Gasteiger charge is 2.15. The van der Waals surface area contributed by atoms with Gasteiger partial charge in [0, 0.05) is 10.5 Å². The standard InChI is InChI=1S/C13H18BrN3/c1-3-5-10(4-2)17-12-7-6-9(14)8-11(12)16-13(17)15/h6-8,10H,3-5H2,1-2H3,(H2,15,16). The second kappa shape index (κ2) is 5.08. The van der Waals surface area contributed by atoms with Crippen LogP contribution in [0.5, 0.6) is 0 Å². The molecule has 0 saturated heterocycles. The van der Waals surface area contributed by atoms with E-state index in [0.29, 0.717) is 12.0 Å². The third-order valence-corrected chi connectivity index (χ3v) is 3.63. The summed E-state index contributed by atoms with van der Waals surface area (Å²) in [7, 11) is 0. The predicted molar refractivity (Wildman–Crippen MR) is 76.1 cm³/mol. The largest absolute Gasteiger partial charge is 0.369 e. The van der Waals surface area contributed by atoms with Gasteiger partial charge in [-0.05, 0) is 31.0 Å². The van der Waals surface area contributed by atoms with E-state index in [1.165, 1.54) is 0 Å². The second-order valence-corrected chi connectivity index (χ2v) is 5.24. The summed E-state index contributed by atoms with van der Waals surface area (Å²) >= 11 is 3.46. The lowest BCUT2D eigenvalue weighted by Gasteiger charge is -2.18. The first-order valence-electron chi connectivity index (χ1n) is 6.10. The molecule has 2 rings (SSSR count). The van der Waals surface area contributed by atoms with Gasteiger partial charge in [0.25, 0.3) is 0 Å². The van der Waals surface area contributed by atoms with Crippen LogP contribution in [0, 0.1) is 0 Å². The molecule has 17 heavy (non-hydrogen) atoms. The Hall–Kier alpha value is -1.03. The van der Waals surface area contributed by atoms with Crippen molar-refractivity contribution in [2.45, 2.75) is 39.2 Å². The molecular formula is C13H18BrN3. The molecule has 0 fully saturated rings.